The summed E-state index contributed by atoms with van der Waals surface area (Å²) in [7, 11) is 0. The Hall–Kier alpha value is -6.26. The summed E-state index contributed by atoms with van der Waals surface area (Å²) in [6.45, 7) is 26.0. The smallest absolute Gasteiger partial charge is 0.149 e. The predicted molar refractivity (Wildman–Crippen MR) is 267 cm³/mol. The average Bonchev–Trinajstić information content (AvgIpc) is 3.65. The third-order valence-electron chi connectivity index (χ3n) is 12.5. The van der Waals surface area contributed by atoms with Crippen molar-refractivity contribution in [2.45, 2.75) is 112 Å². The summed E-state index contributed by atoms with van der Waals surface area (Å²) in [6.07, 6.45) is 1.92. The fourth-order valence-electron chi connectivity index (χ4n) is 8.52. The lowest BCUT2D eigenvalue weighted by molar-refractivity contribution is 0.466. The first-order valence-electron chi connectivity index (χ1n) is 23.0. The molecule has 0 radical (unpaired) electrons. The summed E-state index contributed by atoms with van der Waals surface area (Å²) >= 11 is 0. The second-order valence-corrected chi connectivity index (χ2v) is 20.2. The molecule has 1 N–H and O–H groups in total. The van der Waals surface area contributed by atoms with E-state index in [4.69, 9.17) is 9.97 Å². The molecule has 0 spiro atoms. The van der Waals surface area contributed by atoms with Crippen molar-refractivity contribution in [1.82, 2.24) is 14.5 Å². The normalized spacial score (nSPS) is 12.7. The molecule has 0 fully saturated rings. The van der Waals surface area contributed by atoms with Crippen LogP contribution in [-0.2, 0) is 10.8 Å². The number of benzene rings is 6. The molecule has 63 heavy (non-hydrogen) atoms. The Kier molecular flexibility index (Phi) is 11.2. The van der Waals surface area contributed by atoms with Crippen molar-refractivity contribution >= 4 is 11.0 Å². The van der Waals surface area contributed by atoms with Crippen molar-refractivity contribution in [1.29, 1.82) is 0 Å². The van der Waals surface area contributed by atoms with Crippen molar-refractivity contribution in [3.8, 4) is 67.5 Å². The number of aromatic hydroxyl groups is 1. The van der Waals surface area contributed by atoms with E-state index in [1.807, 2.05) is 26.1 Å². The Bertz CT molecular complexity index is 2990. The van der Waals surface area contributed by atoms with Gasteiger partial charge < -0.3 is 5.11 Å². The maximum atomic E-state index is 12.3. The molecule has 0 amide bonds. The van der Waals surface area contributed by atoms with Gasteiger partial charge in [-0.1, -0.05) is 168 Å². The molecule has 0 atom stereocenters. The molecule has 6 aromatic carbocycles. The zero-order chi connectivity index (χ0) is 45.9. The number of rotatable bonds is 9. The Morgan fingerprint density at radius 2 is 1.22 bits per heavy atom. The monoisotopic (exact) mass is 831 g/mol. The highest BCUT2D eigenvalue weighted by atomic mass is 16.3. The fraction of sp³-hybridized carbons (Fsp3) is 0.288. The second-order valence-electron chi connectivity index (χ2n) is 20.2. The number of imidazole rings is 1. The van der Waals surface area contributed by atoms with E-state index in [2.05, 4.69) is 201 Å². The lowest BCUT2D eigenvalue weighted by atomic mass is 9.83. The highest BCUT2D eigenvalue weighted by Crippen LogP contribution is 2.44. The summed E-state index contributed by atoms with van der Waals surface area (Å²) in [5, 5.41) is 12.3. The van der Waals surface area contributed by atoms with Crippen LogP contribution in [0.3, 0.4) is 0 Å². The molecule has 2 heterocycles. The lowest BCUT2D eigenvalue weighted by Gasteiger charge is -2.22. The second kappa shape index (κ2) is 16.8. The van der Waals surface area contributed by atoms with Crippen LogP contribution in [-0.4, -0.2) is 19.6 Å². The third-order valence-corrected chi connectivity index (χ3v) is 12.5. The Balaban J connectivity index is 1.40. The average molecular weight is 831 g/mol. The molecule has 4 nitrogen and oxygen atoms in total. The molecule has 0 saturated carbocycles. The Morgan fingerprint density at radius 1 is 0.540 bits per heavy atom. The summed E-state index contributed by atoms with van der Waals surface area (Å²) < 4.78 is 11.5. The molecule has 0 unspecified atom stereocenters. The van der Waals surface area contributed by atoms with E-state index in [1.165, 1.54) is 11.1 Å². The molecular formula is C59H63N3O. The number of nitrogens with zero attached hydrogens (tertiary/aromatic N) is 3. The highest BCUT2D eigenvalue weighted by molar-refractivity contribution is 5.97. The minimum Gasteiger partial charge on any atom is -0.507 e. The van der Waals surface area contributed by atoms with E-state index in [1.54, 1.807) is 0 Å². The van der Waals surface area contributed by atoms with Crippen LogP contribution in [0.2, 0.25) is 0 Å². The summed E-state index contributed by atoms with van der Waals surface area (Å²) in [5.74, 6) is 0.347. The number of hydrogen-bond donors (Lipinski definition) is 1. The van der Waals surface area contributed by atoms with Gasteiger partial charge in [0, 0.05) is 24.4 Å². The molecule has 0 aliphatic rings. The highest BCUT2D eigenvalue weighted by Gasteiger charge is 2.25. The van der Waals surface area contributed by atoms with Crippen molar-refractivity contribution in [2.24, 2.45) is 0 Å². The van der Waals surface area contributed by atoms with Gasteiger partial charge in [0.05, 0.1) is 22.3 Å². The van der Waals surface area contributed by atoms with Crippen molar-refractivity contribution < 1.29 is 6.48 Å². The van der Waals surface area contributed by atoms with E-state index in [0.29, 0.717) is 11.4 Å². The van der Waals surface area contributed by atoms with Gasteiger partial charge in [-0.15, -0.1) is 0 Å². The fourth-order valence-corrected chi connectivity index (χ4v) is 8.52. The first-order valence-corrected chi connectivity index (χ1v) is 22.5. The van der Waals surface area contributed by atoms with Crippen LogP contribution in [0.15, 0.2) is 140 Å². The number of hydrogen-bond acceptors (Lipinski definition) is 3. The molecule has 320 valence electrons. The van der Waals surface area contributed by atoms with Crippen LogP contribution in [0.25, 0.3) is 72.7 Å². The predicted octanol–water partition coefficient (Wildman–Crippen LogP) is 16.4. The minimum absolute atomic E-state index is 0.0781. The Morgan fingerprint density at radius 3 is 1.87 bits per heavy atom. The topological polar surface area (TPSA) is 50.9 Å². The zero-order valence-corrected chi connectivity index (χ0v) is 39.2. The maximum absolute atomic E-state index is 12.3. The molecule has 8 rings (SSSR count). The van der Waals surface area contributed by atoms with Crippen LogP contribution in [0.1, 0.15) is 130 Å². The van der Waals surface area contributed by atoms with Gasteiger partial charge in [-0.3, -0.25) is 9.55 Å². The number of phenolic OH excluding ortho intramolecular Hbond substituents is 1. The van der Waals surface area contributed by atoms with Crippen LogP contribution in [0, 0.1) is 0 Å². The Labute approximate surface area is 377 Å². The number of para-hydroxylation sites is 1. The van der Waals surface area contributed by atoms with Crippen LogP contribution in [0.5, 0.6) is 5.75 Å². The van der Waals surface area contributed by atoms with Gasteiger partial charge in [0.1, 0.15) is 11.6 Å². The first kappa shape index (κ1) is 42.1. The molecule has 8 aromatic rings. The quantitative estimate of drug-likeness (QED) is 0.158. The van der Waals surface area contributed by atoms with Gasteiger partial charge in [0.15, 0.2) is 0 Å². The van der Waals surface area contributed by atoms with Crippen molar-refractivity contribution in [3.05, 3.63) is 167 Å². The molecule has 0 saturated heterocycles. The van der Waals surface area contributed by atoms with E-state index in [0.717, 1.165) is 78.0 Å². The first-order chi connectivity index (χ1) is 30.2. The minimum atomic E-state index is -0.878. The molecular weight excluding hydrogens is 767 g/mol. The number of aromatic nitrogens is 3. The maximum Gasteiger partial charge on any atom is 0.149 e. The van der Waals surface area contributed by atoms with Gasteiger partial charge in [-0.2, -0.15) is 0 Å². The standard InChI is InChI=1S/C59H63N3O/c1-36(2)42-27-44(39-17-14-13-15-18-39)32-49(31-42)62-54-20-16-19-50(55(54)61-57(62)52-34-43(37(3)4)33-51(38(5)6)56(52)63)45-28-46(30-48(29-45)59(10,11)12)53-35-41(25-26-60-53)40-21-23-47(24-22-40)58(7,8)9/h13-38,63H,1-12H3/i36D. The van der Waals surface area contributed by atoms with Crippen molar-refractivity contribution in [3.63, 3.8) is 0 Å². The van der Waals surface area contributed by atoms with Crippen LogP contribution in [0.4, 0.5) is 0 Å². The van der Waals surface area contributed by atoms with E-state index in [9.17, 15) is 6.48 Å². The largest absolute Gasteiger partial charge is 0.507 e. The molecule has 0 aliphatic heterocycles. The SMILES string of the molecule is [2H]C(C)(C)c1cc(-c2ccccc2)cc(-n2c(-c3cc(C(C)C)cc(C(C)C)c3O)nc3c(-c4cc(-c5cc(-c6ccc(C(C)(C)C)cc6)ccn5)cc(C(C)(C)C)c4)cccc32)c1. The molecule has 4 heteroatoms. The summed E-state index contributed by atoms with van der Waals surface area (Å²) in [4.78, 5) is 10.6. The van der Waals surface area contributed by atoms with E-state index >= 15 is 0 Å². The summed E-state index contributed by atoms with van der Waals surface area (Å²) in [5.41, 5.74) is 17.0. The lowest BCUT2D eigenvalue weighted by Crippen LogP contribution is -2.11. The number of pyridine rings is 1. The number of phenols is 1. The third kappa shape index (κ3) is 8.74. The number of fused-ring (bicyclic) bond motifs is 1. The van der Waals surface area contributed by atoms with Gasteiger partial charge >= 0.3 is 0 Å². The van der Waals surface area contributed by atoms with Gasteiger partial charge in [0.2, 0.25) is 0 Å². The van der Waals surface area contributed by atoms with Crippen LogP contribution < -0.4 is 0 Å². The van der Waals surface area contributed by atoms with Gasteiger partial charge in [0.25, 0.3) is 0 Å². The van der Waals surface area contributed by atoms with E-state index < -0.39 is 5.89 Å². The summed E-state index contributed by atoms with van der Waals surface area (Å²) in [6, 6.07) is 47.5. The molecule has 0 aliphatic carbocycles. The van der Waals surface area contributed by atoms with Gasteiger partial charge in [-0.05, 0) is 133 Å². The van der Waals surface area contributed by atoms with E-state index in [-0.39, 0.29) is 28.4 Å². The van der Waals surface area contributed by atoms with Crippen molar-refractivity contribution in [2.75, 3.05) is 0 Å². The molecule has 2 aromatic heterocycles. The van der Waals surface area contributed by atoms with Gasteiger partial charge in [-0.25, -0.2) is 4.98 Å². The zero-order valence-electron chi connectivity index (χ0n) is 40.2. The van der Waals surface area contributed by atoms with Crippen LogP contribution >= 0.6 is 0 Å². The molecule has 0 bridgehead atoms.